The van der Waals surface area contributed by atoms with Crippen molar-refractivity contribution in [3.8, 4) is 11.3 Å². The summed E-state index contributed by atoms with van der Waals surface area (Å²) in [5.41, 5.74) is 7.11. The van der Waals surface area contributed by atoms with Crippen LogP contribution in [0, 0.1) is 0 Å². The van der Waals surface area contributed by atoms with E-state index in [1.807, 2.05) is 23.6 Å². The molecule has 0 fully saturated rings. The van der Waals surface area contributed by atoms with E-state index in [1.54, 1.807) is 13.0 Å². The molecule has 0 aliphatic heterocycles. The molecule has 6 nitrogen and oxygen atoms in total. The Bertz CT molecular complexity index is 865. The standard InChI is InChI=1S/C14H12ClN5OS3/c1-7(23-14-20-19-12(16)24-14)11(21)18-13-17-10(6-22-13)8-4-2-3-5-9(8)15/h2-7H,1H3,(H2,16,19)(H,17,18,21). The van der Waals surface area contributed by atoms with Crippen LogP contribution in [0.1, 0.15) is 6.92 Å². The molecule has 0 radical (unpaired) electrons. The second kappa shape index (κ2) is 7.47. The Balaban J connectivity index is 1.66. The number of halogens is 1. The van der Waals surface area contributed by atoms with E-state index in [2.05, 4.69) is 20.5 Å². The van der Waals surface area contributed by atoms with Crippen LogP contribution in [0.4, 0.5) is 10.3 Å². The number of nitrogens with zero attached hydrogens (tertiary/aromatic N) is 3. The SMILES string of the molecule is CC(Sc1nnc(N)s1)C(=O)Nc1nc(-c2ccccc2Cl)cs1. The van der Waals surface area contributed by atoms with E-state index in [-0.39, 0.29) is 11.2 Å². The van der Waals surface area contributed by atoms with Crippen LogP contribution in [0.5, 0.6) is 0 Å². The van der Waals surface area contributed by atoms with Gasteiger partial charge in [0, 0.05) is 16.0 Å². The molecular formula is C14H12ClN5OS3. The summed E-state index contributed by atoms with van der Waals surface area (Å²) in [6.45, 7) is 1.79. The van der Waals surface area contributed by atoms with E-state index >= 15 is 0 Å². The zero-order valence-corrected chi connectivity index (χ0v) is 15.6. The minimum atomic E-state index is -0.343. The molecule has 1 amide bonds. The molecule has 2 heterocycles. The van der Waals surface area contributed by atoms with E-state index in [4.69, 9.17) is 17.3 Å². The number of anilines is 2. The largest absolute Gasteiger partial charge is 0.374 e. The number of hydrogen-bond acceptors (Lipinski definition) is 8. The average molecular weight is 398 g/mol. The van der Waals surface area contributed by atoms with Gasteiger partial charge in [0.25, 0.3) is 0 Å². The van der Waals surface area contributed by atoms with Crippen molar-refractivity contribution in [2.75, 3.05) is 11.1 Å². The molecule has 0 saturated carbocycles. The van der Waals surface area contributed by atoms with Gasteiger partial charge in [0.15, 0.2) is 9.47 Å². The van der Waals surface area contributed by atoms with Crippen molar-refractivity contribution >= 4 is 62.2 Å². The van der Waals surface area contributed by atoms with Gasteiger partial charge in [0.2, 0.25) is 11.0 Å². The predicted octanol–water partition coefficient (Wildman–Crippen LogP) is 4.02. The summed E-state index contributed by atoms with van der Waals surface area (Å²) in [6, 6.07) is 7.45. The Morgan fingerprint density at radius 3 is 2.88 bits per heavy atom. The summed E-state index contributed by atoms with van der Waals surface area (Å²) in [6.07, 6.45) is 0. The fourth-order valence-electron chi connectivity index (χ4n) is 1.80. The zero-order chi connectivity index (χ0) is 17.1. The summed E-state index contributed by atoms with van der Waals surface area (Å²) in [5.74, 6) is -0.158. The first kappa shape index (κ1) is 17.2. The Labute approximate surface area is 155 Å². The third-order valence-corrected chi connectivity index (χ3v) is 5.98. The average Bonchev–Trinajstić information content (AvgIpc) is 3.17. The Kier molecular flexibility index (Phi) is 5.34. The molecule has 124 valence electrons. The number of rotatable bonds is 5. The van der Waals surface area contributed by atoms with E-state index in [0.717, 1.165) is 11.3 Å². The summed E-state index contributed by atoms with van der Waals surface area (Å²) in [4.78, 5) is 16.7. The minimum absolute atomic E-state index is 0.158. The van der Waals surface area contributed by atoms with E-state index in [9.17, 15) is 4.79 Å². The van der Waals surface area contributed by atoms with Gasteiger partial charge in [0.1, 0.15) is 0 Å². The van der Waals surface area contributed by atoms with Crippen LogP contribution < -0.4 is 11.1 Å². The van der Waals surface area contributed by atoms with Crippen molar-refractivity contribution in [1.29, 1.82) is 0 Å². The predicted molar refractivity (Wildman–Crippen MR) is 101 cm³/mol. The van der Waals surface area contributed by atoms with Crippen molar-refractivity contribution in [2.24, 2.45) is 0 Å². The number of thioether (sulfide) groups is 1. The fourth-order valence-corrected chi connectivity index (χ4v) is 4.53. The van der Waals surface area contributed by atoms with Crippen LogP contribution in [-0.4, -0.2) is 26.3 Å². The number of aromatic nitrogens is 3. The number of nitrogens with one attached hydrogen (secondary N) is 1. The van der Waals surface area contributed by atoms with Crippen molar-refractivity contribution in [2.45, 2.75) is 16.5 Å². The molecule has 0 aliphatic rings. The lowest BCUT2D eigenvalue weighted by atomic mass is 10.2. The molecule has 0 bridgehead atoms. The quantitative estimate of drug-likeness (QED) is 0.631. The summed E-state index contributed by atoms with van der Waals surface area (Å²) < 4.78 is 0.658. The van der Waals surface area contributed by atoms with Crippen molar-refractivity contribution < 1.29 is 4.79 Å². The smallest absolute Gasteiger partial charge is 0.239 e. The van der Waals surface area contributed by atoms with Crippen molar-refractivity contribution in [3.63, 3.8) is 0 Å². The molecule has 2 aromatic heterocycles. The lowest BCUT2D eigenvalue weighted by Crippen LogP contribution is -2.22. The van der Waals surface area contributed by atoms with Gasteiger partial charge in [-0.05, 0) is 13.0 Å². The highest BCUT2D eigenvalue weighted by molar-refractivity contribution is 8.02. The van der Waals surface area contributed by atoms with E-state index in [1.165, 1.54) is 34.4 Å². The van der Waals surface area contributed by atoms with Crippen LogP contribution in [0.25, 0.3) is 11.3 Å². The maximum Gasteiger partial charge on any atom is 0.239 e. The second-order valence-corrected chi connectivity index (χ2v) is 8.54. The first-order valence-corrected chi connectivity index (χ1v) is 9.75. The molecule has 10 heteroatoms. The molecule has 0 spiro atoms. The number of carbonyl (C=O) groups excluding carboxylic acids is 1. The number of nitrogens with two attached hydrogens (primary N) is 1. The van der Waals surface area contributed by atoms with Gasteiger partial charge >= 0.3 is 0 Å². The zero-order valence-electron chi connectivity index (χ0n) is 12.4. The highest BCUT2D eigenvalue weighted by atomic mass is 35.5. The van der Waals surface area contributed by atoms with Crippen LogP contribution in [0.15, 0.2) is 34.0 Å². The minimum Gasteiger partial charge on any atom is -0.374 e. The van der Waals surface area contributed by atoms with Gasteiger partial charge in [-0.15, -0.1) is 21.5 Å². The normalized spacial score (nSPS) is 12.1. The topological polar surface area (TPSA) is 93.8 Å². The Morgan fingerprint density at radius 1 is 1.38 bits per heavy atom. The lowest BCUT2D eigenvalue weighted by Gasteiger charge is -2.07. The second-order valence-electron chi connectivity index (χ2n) is 4.67. The first-order chi connectivity index (χ1) is 11.5. The summed E-state index contributed by atoms with van der Waals surface area (Å²) >= 11 is 10.1. The van der Waals surface area contributed by atoms with Gasteiger partial charge < -0.3 is 11.1 Å². The Morgan fingerprint density at radius 2 is 2.17 bits per heavy atom. The third kappa shape index (κ3) is 4.04. The summed E-state index contributed by atoms with van der Waals surface area (Å²) in [5, 5.41) is 13.5. The number of nitrogen functional groups attached to an aromatic ring is 1. The first-order valence-electron chi connectivity index (χ1n) is 6.80. The number of carbonyl (C=O) groups is 1. The van der Waals surface area contributed by atoms with E-state index < -0.39 is 0 Å². The maximum absolute atomic E-state index is 12.3. The van der Waals surface area contributed by atoms with Crippen LogP contribution >= 0.6 is 46.0 Å². The van der Waals surface area contributed by atoms with E-state index in [0.29, 0.717) is 19.6 Å². The van der Waals surface area contributed by atoms with Gasteiger partial charge in [-0.1, -0.05) is 52.9 Å². The van der Waals surface area contributed by atoms with Gasteiger partial charge in [-0.2, -0.15) is 0 Å². The number of hydrogen-bond donors (Lipinski definition) is 2. The highest BCUT2D eigenvalue weighted by Crippen LogP contribution is 2.31. The third-order valence-electron chi connectivity index (χ3n) is 2.95. The molecule has 3 N–H and O–H groups in total. The molecule has 1 atom stereocenters. The molecule has 1 aromatic carbocycles. The maximum atomic E-state index is 12.3. The fraction of sp³-hybridized carbons (Fsp3) is 0.143. The monoisotopic (exact) mass is 397 g/mol. The molecule has 24 heavy (non-hydrogen) atoms. The molecular weight excluding hydrogens is 386 g/mol. The Hall–Kier alpha value is -1.68. The molecule has 0 saturated heterocycles. The van der Waals surface area contributed by atoms with Crippen LogP contribution in [-0.2, 0) is 4.79 Å². The van der Waals surface area contributed by atoms with Crippen LogP contribution in [0.3, 0.4) is 0 Å². The van der Waals surface area contributed by atoms with Gasteiger partial charge in [-0.25, -0.2) is 4.98 Å². The van der Waals surface area contributed by atoms with Gasteiger partial charge in [-0.3, -0.25) is 4.79 Å². The molecule has 3 aromatic rings. The number of benzene rings is 1. The van der Waals surface area contributed by atoms with Crippen molar-refractivity contribution in [1.82, 2.24) is 15.2 Å². The van der Waals surface area contributed by atoms with Gasteiger partial charge in [0.05, 0.1) is 10.9 Å². The van der Waals surface area contributed by atoms with Crippen molar-refractivity contribution in [3.05, 3.63) is 34.7 Å². The summed E-state index contributed by atoms with van der Waals surface area (Å²) in [7, 11) is 0. The molecule has 1 unspecified atom stereocenters. The lowest BCUT2D eigenvalue weighted by molar-refractivity contribution is -0.115. The highest BCUT2D eigenvalue weighted by Gasteiger charge is 2.18. The number of amides is 1. The van der Waals surface area contributed by atoms with Crippen LogP contribution in [0.2, 0.25) is 5.02 Å². The molecule has 3 rings (SSSR count). The molecule has 0 aliphatic carbocycles. The number of thiazole rings is 1.